The average molecular weight is 1620 g/mol. The van der Waals surface area contributed by atoms with Gasteiger partial charge >= 0.3 is 46.6 Å². The number of benzene rings is 4. The molecular weight excluding hydrogens is 1530 g/mol. The van der Waals surface area contributed by atoms with Crippen molar-refractivity contribution in [3.8, 4) is 46.1 Å². The van der Waals surface area contributed by atoms with E-state index in [1.54, 1.807) is 13.7 Å². The van der Waals surface area contributed by atoms with Gasteiger partial charge in [-0.05, 0) is 213 Å². The number of hydrogen-bond donors (Lipinski definition) is 16. The summed E-state index contributed by atoms with van der Waals surface area (Å²) in [5, 5.41) is 47.9. The topological polar surface area (TPSA) is 624 Å². The van der Waals surface area contributed by atoms with Gasteiger partial charge in [0.05, 0.1) is 44.1 Å². The molecule has 0 saturated carbocycles. The normalized spacial score (nSPS) is 12.8. The Morgan fingerprint density at radius 1 is 0.376 bits per heavy atom. The molecule has 20 N–H and O–H groups in total. The van der Waals surface area contributed by atoms with Gasteiger partial charge in [-0.25, -0.2) is 52.7 Å². The first-order chi connectivity index (χ1) is 55.4. The lowest BCUT2D eigenvalue weighted by Gasteiger charge is -2.23. The highest BCUT2D eigenvalue weighted by molar-refractivity contribution is 5.85. The average Bonchev–Trinajstić information content (AvgIpc) is 0.773. The summed E-state index contributed by atoms with van der Waals surface area (Å²) >= 11 is 0. The smallest absolute Gasteiger partial charge is 0.349 e. The number of aliphatic carboxylic acids is 4. The molecular formula is C75H92F2N24O16. The van der Waals surface area contributed by atoms with Crippen LogP contribution >= 0.6 is 0 Å². The minimum absolute atomic E-state index is 0.0339. The lowest BCUT2D eigenvalue weighted by Crippen LogP contribution is -2.54. The summed E-state index contributed by atoms with van der Waals surface area (Å²) in [6.07, 6.45) is -1.87. The molecule has 0 aromatic heterocycles. The Labute approximate surface area is 661 Å². The maximum atomic E-state index is 13.0. The van der Waals surface area contributed by atoms with Crippen molar-refractivity contribution < 1.29 is 48.4 Å². The third kappa shape index (κ3) is 21.5. The van der Waals surface area contributed by atoms with Crippen LogP contribution in [0.25, 0.3) is 90.2 Å². The molecule has 8 aliphatic heterocycles. The lowest BCUT2D eigenvalue weighted by atomic mass is 9.95. The number of nitrogens with zero attached hydrogens (tertiary/aromatic N) is 12. The number of alkyl halides is 2. The minimum atomic E-state index is -3.18. The van der Waals surface area contributed by atoms with E-state index in [2.05, 4.69) is 81.1 Å². The van der Waals surface area contributed by atoms with Gasteiger partial charge in [0.1, 0.15) is 18.1 Å². The molecule has 117 heavy (non-hydrogen) atoms. The van der Waals surface area contributed by atoms with Gasteiger partial charge in [-0.2, -0.15) is 19.9 Å². The van der Waals surface area contributed by atoms with Crippen molar-refractivity contribution in [3.05, 3.63) is 176 Å². The number of rotatable bonds is 31. The largest absolute Gasteiger partial charge is 0.480 e. The fraction of sp³-hybridized carbons (Fsp3) is 0.413. The van der Waals surface area contributed by atoms with Crippen molar-refractivity contribution in [1.82, 2.24) is 99.3 Å². The number of aryl methyl sites for hydroxylation is 8. The second-order valence-electron chi connectivity index (χ2n) is 28.2. The zero-order valence-electron chi connectivity index (χ0n) is 65.3. The van der Waals surface area contributed by atoms with Crippen molar-refractivity contribution in [3.63, 3.8) is 0 Å². The van der Waals surface area contributed by atoms with Crippen LogP contribution in [0.4, 0.5) is 8.78 Å². The van der Waals surface area contributed by atoms with Gasteiger partial charge in [0, 0.05) is 52.4 Å². The van der Waals surface area contributed by atoms with E-state index in [0.717, 1.165) is 61.1 Å². The molecule has 40 nitrogen and oxygen atoms in total. The molecule has 4 aromatic carbocycles. The highest BCUT2D eigenvalue weighted by Crippen LogP contribution is 2.29. The van der Waals surface area contributed by atoms with Crippen LogP contribution in [0.1, 0.15) is 83.0 Å². The van der Waals surface area contributed by atoms with Crippen molar-refractivity contribution in [2.24, 2.45) is 22.9 Å². The highest BCUT2D eigenvalue weighted by atomic mass is 19.3. The van der Waals surface area contributed by atoms with Crippen LogP contribution in [-0.2, 0) is 45.4 Å². The Balaban J connectivity index is 0.000000178. The Morgan fingerprint density at radius 2 is 0.615 bits per heavy atom. The number of carbonyl (C=O) groups is 4. The molecule has 0 fully saturated rings. The van der Waals surface area contributed by atoms with Gasteiger partial charge in [0.25, 0.3) is 28.7 Å². The lowest BCUT2D eigenvalue weighted by molar-refractivity contribution is -0.150. The van der Waals surface area contributed by atoms with E-state index in [9.17, 15) is 66.3 Å². The molecule has 0 radical (unpaired) electrons. The monoisotopic (exact) mass is 1620 g/mol. The zero-order valence-corrected chi connectivity index (χ0v) is 65.3. The molecule has 42 heteroatoms. The third-order valence-corrected chi connectivity index (χ3v) is 19.8. The van der Waals surface area contributed by atoms with E-state index in [1.807, 2.05) is 108 Å². The fourth-order valence-corrected chi connectivity index (χ4v) is 12.5. The van der Waals surface area contributed by atoms with Crippen molar-refractivity contribution in [1.29, 1.82) is 0 Å². The quantitative estimate of drug-likeness (QED) is 0.0197. The van der Waals surface area contributed by atoms with Gasteiger partial charge < -0.3 is 82.9 Å². The maximum Gasteiger partial charge on any atom is 0.349 e. The van der Waals surface area contributed by atoms with Gasteiger partial charge in [0.15, 0.2) is 51.6 Å². The van der Waals surface area contributed by atoms with E-state index in [1.165, 1.54) is 0 Å². The van der Waals surface area contributed by atoms with E-state index >= 15 is 0 Å². The van der Waals surface area contributed by atoms with E-state index in [-0.39, 0.29) is 59.0 Å². The number of carboxylic acid groups (broad SMARTS) is 4. The second kappa shape index (κ2) is 38.7. The number of hydrogen-bond acceptors (Lipinski definition) is 28. The SMILES string of the molecule is Cc1cc2nc3c(=O)[nH]c(=O)nc-3n(CCNCCC[C@@H](N)C(=O)O)c2cc1C.Cc1cc2nc3c(=O)[nH]c(=O)nc-3n(CCNCCC[C@](N)(C(=O)O)C(F)F)c2cc1C.Cc1cc2nc3c(=O)[nH]c(=O)nc-3n(CCNCC[C@@H](N)C(=O)O)c2cc1C.Cc1cc2nc3c(=O)[nH]c(=O)nc-3n(CCNCC[C@H](N)C(=O)O)c2cc1C. The number of nitrogens with two attached hydrogens (primary N) is 4. The number of carboxylic acids is 4. The Kier molecular flexibility index (Phi) is 29.2. The highest BCUT2D eigenvalue weighted by Gasteiger charge is 2.43. The summed E-state index contributed by atoms with van der Waals surface area (Å²) in [5.41, 5.74) is 28.0. The van der Waals surface area contributed by atoms with Crippen LogP contribution in [0.3, 0.4) is 0 Å². The van der Waals surface area contributed by atoms with Crippen molar-refractivity contribution in [2.75, 3.05) is 52.4 Å². The summed E-state index contributed by atoms with van der Waals surface area (Å²) in [7, 11) is 0. The molecule has 0 bridgehead atoms. The molecule has 8 heterocycles. The predicted molar refractivity (Wildman–Crippen MR) is 429 cm³/mol. The number of aromatic amines is 4. The first-order valence-corrected chi connectivity index (χ1v) is 37.1. The Hall–Kier alpha value is -12.6. The van der Waals surface area contributed by atoms with Crippen molar-refractivity contribution >= 4 is 68.0 Å². The molecule has 0 aliphatic carbocycles. The van der Waals surface area contributed by atoms with Crippen LogP contribution in [0.15, 0.2) is 86.9 Å². The van der Waals surface area contributed by atoms with Crippen LogP contribution in [0.5, 0.6) is 0 Å². The zero-order chi connectivity index (χ0) is 85.6. The van der Waals surface area contributed by atoms with Crippen LogP contribution in [0.2, 0.25) is 0 Å². The summed E-state index contributed by atoms with van der Waals surface area (Å²) in [5.74, 6) is -4.02. The number of halogens is 2. The van der Waals surface area contributed by atoms with Gasteiger partial charge in [-0.15, -0.1) is 0 Å². The van der Waals surface area contributed by atoms with Crippen LogP contribution in [-0.4, -0.2) is 205 Å². The van der Waals surface area contributed by atoms with E-state index in [0.29, 0.717) is 125 Å². The summed E-state index contributed by atoms with van der Waals surface area (Å²) in [6.45, 7) is 20.8. The standard InChI is InChI=1S/C20H24F2N6O4.C19H24N6O4.2C18H22N6O4/c1-10-8-12-13(9-11(10)2)28(15-14(25-12)16(29)27-19(32)26-15)7-6-24-5-3-4-20(23,17(21)22)18(30)31;1-10-8-13-14(9-11(10)2)25(7-6-21-5-3-4-12(20)18(27)28)16-15(22-13)17(26)24-19(29)23-16;2*1-9-7-12-13(8-10(9)2)24(6-5-20-4-3-11(19)17(26)27)15-14(21-12)16(25)23-18(28)22-15/h8-9,17,24H,3-7,23H2,1-2H3,(H,30,31)(H,27,29,32);8-9,12,21H,3-7,20H2,1-2H3,(H,27,28)(H,24,26,29);2*7-8,11,20H,3-6,19H2,1-2H3,(H,26,27)(H,23,25,28)/t20-;12-;2*11-/m1110/s1. The van der Waals surface area contributed by atoms with Crippen molar-refractivity contribution in [2.45, 2.75) is 150 Å². The van der Waals surface area contributed by atoms with Crippen LogP contribution < -0.4 is 89.2 Å². The maximum absolute atomic E-state index is 13.0. The summed E-state index contributed by atoms with van der Waals surface area (Å²) in [6, 6.07) is 12.6. The van der Waals surface area contributed by atoms with Crippen LogP contribution in [0, 0.1) is 55.4 Å². The molecule has 12 rings (SSSR count). The molecule has 0 spiro atoms. The molecule has 622 valence electrons. The summed E-state index contributed by atoms with van der Waals surface area (Å²) < 4.78 is 33.0. The summed E-state index contributed by atoms with van der Waals surface area (Å²) in [4.78, 5) is 181. The fourth-order valence-electron chi connectivity index (χ4n) is 12.5. The molecule has 0 unspecified atom stereocenters. The number of aromatic nitrogens is 16. The molecule has 8 aliphatic rings. The van der Waals surface area contributed by atoms with E-state index in [4.69, 9.17) is 43.4 Å². The first-order valence-electron chi connectivity index (χ1n) is 37.1. The Morgan fingerprint density at radius 3 is 0.863 bits per heavy atom. The first kappa shape index (κ1) is 88.4. The predicted octanol–water partition coefficient (Wildman–Crippen LogP) is -0.212. The number of nitrogens with one attached hydrogen (secondary N) is 8. The molecule has 0 amide bonds. The Bertz CT molecular complexity index is 5900. The number of fused-ring (bicyclic) bond motifs is 8. The third-order valence-electron chi connectivity index (χ3n) is 19.8. The molecule has 4 aromatic rings. The minimum Gasteiger partial charge on any atom is -0.480 e. The van der Waals surface area contributed by atoms with Gasteiger partial charge in [-0.1, -0.05) is 0 Å². The van der Waals surface area contributed by atoms with Gasteiger partial charge in [0.2, 0.25) is 0 Å². The molecule has 0 saturated heterocycles. The van der Waals surface area contributed by atoms with E-state index < -0.39 is 105 Å². The number of H-pyrrole nitrogens is 4. The molecule has 4 atom stereocenters. The second-order valence-corrected chi connectivity index (χ2v) is 28.2. The van der Waals surface area contributed by atoms with Gasteiger partial charge in [-0.3, -0.25) is 53.5 Å².